The number of nitro groups is 1. The molecule has 2 rings (SSSR count). The molecule has 8 heteroatoms. The maximum Gasteiger partial charge on any atom is 0.283 e. The third kappa shape index (κ3) is 3.87. The smallest absolute Gasteiger partial charge is 0.283 e. The summed E-state index contributed by atoms with van der Waals surface area (Å²) in [6.07, 6.45) is 2.69. The molecule has 1 amide bonds. The molecule has 1 aliphatic heterocycles. The van der Waals surface area contributed by atoms with Gasteiger partial charge in [0.05, 0.1) is 9.82 Å². The average Bonchev–Trinajstić information content (AvgIpc) is 2.99. The van der Waals surface area contributed by atoms with Crippen LogP contribution in [0.15, 0.2) is 23.1 Å². The van der Waals surface area contributed by atoms with Gasteiger partial charge in [0.15, 0.2) is 0 Å². The molecule has 0 aliphatic carbocycles. The van der Waals surface area contributed by atoms with Crippen molar-refractivity contribution in [3.63, 3.8) is 0 Å². The first-order valence-electron chi connectivity index (χ1n) is 6.35. The van der Waals surface area contributed by atoms with E-state index in [1.165, 1.54) is 17.8 Å². The first-order chi connectivity index (χ1) is 9.54. The third-order valence-electron chi connectivity index (χ3n) is 3.52. The van der Waals surface area contributed by atoms with E-state index in [1.807, 2.05) is 0 Å². The highest BCUT2D eigenvalue weighted by atomic mass is 35.5. The van der Waals surface area contributed by atoms with Crippen LogP contribution < -0.4 is 5.32 Å². The van der Waals surface area contributed by atoms with Crippen molar-refractivity contribution in [2.24, 2.45) is 0 Å². The normalized spacial score (nSPS) is 17.1. The first kappa shape index (κ1) is 17.7. The fraction of sp³-hybridized carbons (Fsp3) is 0.462. The number of amides is 1. The van der Waals surface area contributed by atoms with Gasteiger partial charge in [-0.25, -0.2) is 0 Å². The number of carbonyl (C=O) groups excluding carboxylic acids is 1. The highest BCUT2D eigenvalue weighted by Gasteiger charge is 2.25. The minimum atomic E-state index is -0.445. The van der Waals surface area contributed by atoms with Gasteiger partial charge in [0, 0.05) is 31.3 Å². The number of hydrogen-bond donors (Lipinski definition) is 1. The molecule has 6 nitrogen and oxygen atoms in total. The predicted octanol–water partition coefficient (Wildman–Crippen LogP) is 2.17. The number of hydrogen-bond acceptors (Lipinski definition) is 5. The molecular weight excluding hydrogens is 314 g/mol. The molecular formula is C13H18ClN3O3S. The van der Waals surface area contributed by atoms with Crippen LogP contribution in [0.4, 0.5) is 5.69 Å². The van der Waals surface area contributed by atoms with Crippen molar-refractivity contribution in [1.82, 2.24) is 10.2 Å². The van der Waals surface area contributed by atoms with Gasteiger partial charge in [-0.2, -0.15) is 0 Å². The molecule has 0 saturated carbocycles. The lowest BCUT2D eigenvalue weighted by molar-refractivity contribution is -0.387. The highest BCUT2D eigenvalue weighted by molar-refractivity contribution is 7.98. The topological polar surface area (TPSA) is 75.5 Å². The van der Waals surface area contributed by atoms with Gasteiger partial charge in [-0.15, -0.1) is 24.2 Å². The summed E-state index contributed by atoms with van der Waals surface area (Å²) in [7, 11) is 1.74. The lowest BCUT2D eigenvalue weighted by atomic mass is 10.1. The Morgan fingerprint density at radius 2 is 2.24 bits per heavy atom. The number of nitrogens with zero attached hydrogens (tertiary/aromatic N) is 2. The fourth-order valence-corrected chi connectivity index (χ4v) is 2.85. The van der Waals surface area contributed by atoms with Gasteiger partial charge in [-0.3, -0.25) is 14.9 Å². The summed E-state index contributed by atoms with van der Waals surface area (Å²) in [5, 5.41) is 14.2. The van der Waals surface area contributed by atoms with E-state index in [9.17, 15) is 14.9 Å². The zero-order chi connectivity index (χ0) is 14.7. The van der Waals surface area contributed by atoms with Gasteiger partial charge in [-0.05, 0) is 31.4 Å². The number of benzene rings is 1. The number of thioether (sulfide) groups is 1. The van der Waals surface area contributed by atoms with Crippen LogP contribution >= 0.6 is 24.2 Å². The Kier molecular flexibility index (Phi) is 6.44. The first-order valence-corrected chi connectivity index (χ1v) is 7.57. The molecule has 1 unspecified atom stereocenters. The maximum atomic E-state index is 12.4. The molecule has 1 N–H and O–H groups in total. The van der Waals surface area contributed by atoms with E-state index in [0.717, 1.165) is 19.5 Å². The van der Waals surface area contributed by atoms with Crippen molar-refractivity contribution in [3.05, 3.63) is 33.9 Å². The number of rotatable bonds is 4. The lowest BCUT2D eigenvalue weighted by Crippen LogP contribution is -2.38. The molecule has 21 heavy (non-hydrogen) atoms. The molecule has 0 radical (unpaired) electrons. The number of halogens is 1. The summed E-state index contributed by atoms with van der Waals surface area (Å²) in [4.78, 5) is 25.2. The summed E-state index contributed by atoms with van der Waals surface area (Å²) in [5.41, 5.74) is 0.352. The molecule has 1 heterocycles. The second kappa shape index (κ2) is 7.63. The Balaban J connectivity index is 0.00000220. The van der Waals surface area contributed by atoms with E-state index in [1.54, 1.807) is 30.3 Å². The van der Waals surface area contributed by atoms with Crippen molar-refractivity contribution in [2.75, 3.05) is 26.4 Å². The second-order valence-corrected chi connectivity index (χ2v) is 5.55. The number of carbonyl (C=O) groups is 1. The van der Waals surface area contributed by atoms with Crippen LogP contribution in [0.1, 0.15) is 16.8 Å². The fourth-order valence-electron chi connectivity index (χ4n) is 2.31. The van der Waals surface area contributed by atoms with Crippen molar-refractivity contribution in [3.8, 4) is 0 Å². The molecule has 1 fully saturated rings. The van der Waals surface area contributed by atoms with E-state index in [-0.39, 0.29) is 30.0 Å². The third-order valence-corrected chi connectivity index (χ3v) is 4.31. The zero-order valence-electron chi connectivity index (χ0n) is 11.9. The maximum absolute atomic E-state index is 12.4. The molecule has 0 aromatic heterocycles. The van der Waals surface area contributed by atoms with Crippen LogP contribution in [0.2, 0.25) is 0 Å². The number of likely N-dealkylation sites (N-methyl/N-ethyl adjacent to an activating group) is 1. The Labute approximate surface area is 133 Å². The quantitative estimate of drug-likeness (QED) is 0.520. The van der Waals surface area contributed by atoms with Crippen molar-refractivity contribution in [1.29, 1.82) is 0 Å². The number of nitrogens with one attached hydrogen (secondary N) is 1. The summed E-state index contributed by atoms with van der Waals surface area (Å²) in [6.45, 7) is 1.67. The van der Waals surface area contributed by atoms with E-state index >= 15 is 0 Å². The Hall–Kier alpha value is -1.31. The van der Waals surface area contributed by atoms with E-state index in [2.05, 4.69) is 5.32 Å². The van der Waals surface area contributed by atoms with E-state index in [4.69, 9.17) is 0 Å². The van der Waals surface area contributed by atoms with Crippen molar-refractivity contribution < 1.29 is 9.72 Å². The average molecular weight is 332 g/mol. The minimum Gasteiger partial charge on any atom is -0.337 e. The minimum absolute atomic E-state index is 0. The van der Waals surface area contributed by atoms with E-state index < -0.39 is 4.92 Å². The van der Waals surface area contributed by atoms with Crippen molar-refractivity contribution >= 4 is 35.8 Å². The molecule has 1 aromatic carbocycles. The molecule has 1 saturated heterocycles. The molecule has 1 aliphatic rings. The Bertz CT molecular complexity index is 535. The van der Waals surface area contributed by atoms with Crippen LogP contribution in [0, 0.1) is 10.1 Å². The van der Waals surface area contributed by atoms with Gasteiger partial charge in [0.1, 0.15) is 0 Å². The summed E-state index contributed by atoms with van der Waals surface area (Å²) >= 11 is 1.30. The van der Waals surface area contributed by atoms with E-state index in [0.29, 0.717) is 10.5 Å². The monoisotopic (exact) mass is 331 g/mol. The predicted molar refractivity (Wildman–Crippen MR) is 85.5 cm³/mol. The van der Waals surface area contributed by atoms with Gasteiger partial charge in [-0.1, -0.05) is 0 Å². The van der Waals surface area contributed by atoms with Crippen LogP contribution in [0.5, 0.6) is 0 Å². The van der Waals surface area contributed by atoms with Gasteiger partial charge in [0.2, 0.25) is 0 Å². The van der Waals surface area contributed by atoms with Crippen LogP contribution in [-0.4, -0.2) is 48.2 Å². The summed E-state index contributed by atoms with van der Waals surface area (Å²) < 4.78 is 0. The Morgan fingerprint density at radius 3 is 2.76 bits per heavy atom. The summed E-state index contributed by atoms with van der Waals surface area (Å²) in [5.74, 6) is -0.172. The van der Waals surface area contributed by atoms with Crippen LogP contribution in [0.25, 0.3) is 0 Å². The van der Waals surface area contributed by atoms with Crippen molar-refractivity contribution in [2.45, 2.75) is 17.4 Å². The second-order valence-electron chi connectivity index (χ2n) is 4.71. The van der Waals surface area contributed by atoms with Crippen LogP contribution in [0.3, 0.4) is 0 Å². The Morgan fingerprint density at radius 1 is 1.52 bits per heavy atom. The molecule has 0 spiro atoms. The standard InChI is InChI=1S/C13H17N3O3S.ClH/c1-15(10-5-6-14-8-10)13(17)9-3-4-12(20-2)11(7-9)16(18)19;/h3-4,7,10,14H,5-6,8H2,1-2H3;1H. The number of nitro benzene ring substituents is 1. The zero-order valence-corrected chi connectivity index (χ0v) is 13.5. The van der Waals surface area contributed by atoms with Gasteiger partial charge >= 0.3 is 0 Å². The molecule has 1 atom stereocenters. The SMILES string of the molecule is CSc1ccc(C(=O)N(C)C2CCNC2)cc1[N+](=O)[O-].Cl. The largest absolute Gasteiger partial charge is 0.337 e. The summed E-state index contributed by atoms with van der Waals surface area (Å²) in [6, 6.07) is 4.81. The molecule has 0 bridgehead atoms. The molecule has 116 valence electrons. The van der Waals surface area contributed by atoms with Crippen LogP contribution in [-0.2, 0) is 0 Å². The lowest BCUT2D eigenvalue weighted by Gasteiger charge is -2.23. The van der Waals surface area contributed by atoms with Gasteiger partial charge in [0.25, 0.3) is 11.6 Å². The highest BCUT2D eigenvalue weighted by Crippen LogP contribution is 2.28. The molecule has 1 aromatic rings. The van der Waals surface area contributed by atoms with Gasteiger partial charge < -0.3 is 10.2 Å².